The third-order valence-corrected chi connectivity index (χ3v) is 3.56. The van der Waals surface area contributed by atoms with E-state index in [9.17, 15) is 19.8 Å². The SMILES string of the molecule is O=C1C(O)=C(c2ccccn2)C(=O)C(O)=C1/C=C/c1ccccc1. The Bertz CT molecular complexity index is 893. The Balaban J connectivity index is 2.00. The fraction of sp³-hybridized carbons (Fsp3) is 0. The molecule has 3 rings (SSSR count). The summed E-state index contributed by atoms with van der Waals surface area (Å²) in [6.45, 7) is 0. The Hall–Kier alpha value is -3.47. The number of hydrogen-bond donors (Lipinski definition) is 2. The van der Waals surface area contributed by atoms with E-state index < -0.39 is 23.1 Å². The molecule has 1 heterocycles. The van der Waals surface area contributed by atoms with Gasteiger partial charge in [0.1, 0.15) is 0 Å². The molecule has 0 atom stereocenters. The number of carbonyl (C=O) groups is 2. The number of nitrogens with zero attached hydrogens (tertiary/aromatic N) is 1. The number of rotatable bonds is 3. The van der Waals surface area contributed by atoms with Gasteiger partial charge in [0.25, 0.3) is 0 Å². The van der Waals surface area contributed by atoms with Crippen LogP contribution in [0.5, 0.6) is 0 Å². The topological polar surface area (TPSA) is 87.5 Å². The van der Waals surface area contributed by atoms with Gasteiger partial charge in [-0.2, -0.15) is 0 Å². The molecule has 5 heteroatoms. The number of pyridine rings is 1. The first-order valence-electron chi connectivity index (χ1n) is 7.20. The number of ketones is 2. The van der Waals surface area contributed by atoms with Gasteiger partial charge in [0, 0.05) is 6.20 Å². The number of aliphatic hydroxyl groups excluding tert-OH is 2. The molecule has 0 unspecified atom stereocenters. The third kappa shape index (κ3) is 2.75. The predicted octanol–water partition coefficient (Wildman–Crippen LogP) is 3.03. The lowest BCUT2D eigenvalue weighted by Crippen LogP contribution is -2.23. The maximum Gasteiger partial charge on any atom is 0.234 e. The zero-order valence-electron chi connectivity index (χ0n) is 12.5. The van der Waals surface area contributed by atoms with Gasteiger partial charge >= 0.3 is 0 Å². The van der Waals surface area contributed by atoms with Crippen LogP contribution in [0.3, 0.4) is 0 Å². The minimum atomic E-state index is -0.835. The highest BCUT2D eigenvalue weighted by Crippen LogP contribution is 2.29. The van der Waals surface area contributed by atoms with Crippen molar-refractivity contribution in [2.24, 2.45) is 0 Å². The van der Waals surface area contributed by atoms with Gasteiger partial charge in [0.2, 0.25) is 11.6 Å². The van der Waals surface area contributed by atoms with Crippen LogP contribution in [0.25, 0.3) is 11.6 Å². The molecule has 5 nitrogen and oxygen atoms in total. The molecular formula is C19H13NO4. The van der Waals surface area contributed by atoms with Gasteiger partial charge in [-0.3, -0.25) is 14.6 Å². The monoisotopic (exact) mass is 319 g/mol. The van der Waals surface area contributed by atoms with E-state index >= 15 is 0 Å². The quantitative estimate of drug-likeness (QED) is 0.849. The van der Waals surface area contributed by atoms with Crippen LogP contribution in [-0.4, -0.2) is 26.8 Å². The van der Waals surface area contributed by atoms with Crippen LogP contribution < -0.4 is 0 Å². The Labute approximate surface area is 137 Å². The van der Waals surface area contributed by atoms with Crippen molar-refractivity contribution in [2.75, 3.05) is 0 Å². The van der Waals surface area contributed by atoms with Gasteiger partial charge in [-0.1, -0.05) is 42.5 Å². The predicted molar refractivity (Wildman–Crippen MR) is 88.9 cm³/mol. The molecule has 0 fully saturated rings. The summed E-state index contributed by atoms with van der Waals surface area (Å²) in [5.41, 5.74) is 0.374. The summed E-state index contributed by atoms with van der Waals surface area (Å²) < 4.78 is 0. The molecule has 118 valence electrons. The van der Waals surface area contributed by atoms with Gasteiger partial charge in [0.15, 0.2) is 11.5 Å². The van der Waals surface area contributed by atoms with Crippen molar-refractivity contribution >= 4 is 23.2 Å². The van der Waals surface area contributed by atoms with Gasteiger partial charge in [-0.15, -0.1) is 0 Å². The number of hydrogen-bond acceptors (Lipinski definition) is 5. The molecule has 2 aromatic rings. The molecule has 2 N–H and O–H groups in total. The highest BCUT2D eigenvalue weighted by molar-refractivity contribution is 6.38. The van der Waals surface area contributed by atoms with E-state index in [0.29, 0.717) is 0 Å². The van der Waals surface area contributed by atoms with E-state index in [0.717, 1.165) is 5.56 Å². The van der Waals surface area contributed by atoms with Crippen LogP contribution >= 0.6 is 0 Å². The molecular weight excluding hydrogens is 306 g/mol. The molecule has 1 aromatic carbocycles. The fourth-order valence-corrected chi connectivity index (χ4v) is 2.34. The van der Waals surface area contributed by atoms with E-state index in [-0.39, 0.29) is 16.8 Å². The summed E-state index contributed by atoms with van der Waals surface area (Å²) >= 11 is 0. The van der Waals surface area contributed by atoms with Crippen molar-refractivity contribution in [3.05, 3.63) is 89.2 Å². The molecule has 0 saturated heterocycles. The van der Waals surface area contributed by atoms with E-state index in [4.69, 9.17) is 0 Å². The molecule has 1 aromatic heterocycles. The van der Waals surface area contributed by atoms with Crippen LogP contribution in [0.4, 0.5) is 0 Å². The number of Topliss-reactive ketones (excluding diaryl/α,β-unsaturated/α-hetero) is 2. The second-order valence-corrected chi connectivity index (χ2v) is 5.10. The van der Waals surface area contributed by atoms with Crippen LogP contribution in [0.2, 0.25) is 0 Å². The number of aliphatic hydroxyl groups is 2. The van der Waals surface area contributed by atoms with Crippen LogP contribution in [-0.2, 0) is 9.59 Å². The molecule has 1 aliphatic rings. The maximum absolute atomic E-state index is 12.4. The highest BCUT2D eigenvalue weighted by Gasteiger charge is 2.35. The van der Waals surface area contributed by atoms with Gasteiger partial charge in [-0.05, 0) is 23.8 Å². The first kappa shape index (κ1) is 15.4. The lowest BCUT2D eigenvalue weighted by molar-refractivity contribution is -0.118. The van der Waals surface area contributed by atoms with Gasteiger partial charge < -0.3 is 10.2 Å². The fourth-order valence-electron chi connectivity index (χ4n) is 2.34. The zero-order chi connectivity index (χ0) is 17.1. The lowest BCUT2D eigenvalue weighted by Gasteiger charge is -2.15. The molecule has 0 spiro atoms. The van der Waals surface area contributed by atoms with Gasteiger partial charge in [0.05, 0.1) is 16.8 Å². The minimum Gasteiger partial charge on any atom is -0.504 e. The molecule has 0 bridgehead atoms. The van der Waals surface area contributed by atoms with Crippen molar-refractivity contribution in [2.45, 2.75) is 0 Å². The summed E-state index contributed by atoms with van der Waals surface area (Å²) in [6.07, 6.45) is 4.32. The van der Waals surface area contributed by atoms with E-state index in [1.54, 1.807) is 30.3 Å². The normalized spacial score (nSPS) is 15.5. The zero-order valence-corrected chi connectivity index (χ0v) is 12.5. The van der Waals surface area contributed by atoms with Crippen molar-refractivity contribution in [3.63, 3.8) is 0 Å². The molecule has 24 heavy (non-hydrogen) atoms. The van der Waals surface area contributed by atoms with Crippen molar-refractivity contribution < 1.29 is 19.8 Å². The van der Waals surface area contributed by atoms with Gasteiger partial charge in [-0.25, -0.2) is 0 Å². The van der Waals surface area contributed by atoms with Crippen molar-refractivity contribution in [1.82, 2.24) is 4.98 Å². The second kappa shape index (κ2) is 6.34. The minimum absolute atomic E-state index is 0.131. The molecule has 0 saturated carbocycles. The second-order valence-electron chi connectivity index (χ2n) is 5.10. The first-order valence-corrected chi connectivity index (χ1v) is 7.20. The van der Waals surface area contributed by atoms with Crippen LogP contribution in [0.1, 0.15) is 11.3 Å². The smallest absolute Gasteiger partial charge is 0.234 e. The molecule has 0 aliphatic heterocycles. The van der Waals surface area contributed by atoms with E-state index in [2.05, 4.69) is 4.98 Å². The standard InChI is InChI=1S/C19H13NO4/c21-16-13(10-9-12-6-2-1-3-7-12)17(22)19(24)15(18(16)23)14-8-4-5-11-20-14/h1-11,21,24H/b10-9+. The summed E-state index contributed by atoms with van der Waals surface area (Å²) in [7, 11) is 0. The number of aromatic nitrogens is 1. The summed E-state index contributed by atoms with van der Waals surface area (Å²) in [4.78, 5) is 28.6. The Morgan fingerprint density at radius 3 is 2.17 bits per heavy atom. The lowest BCUT2D eigenvalue weighted by atomic mass is 9.91. The van der Waals surface area contributed by atoms with Crippen LogP contribution in [0.15, 0.2) is 77.9 Å². The number of benzene rings is 1. The van der Waals surface area contributed by atoms with Crippen molar-refractivity contribution in [3.8, 4) is 0 Å². The average Bonchev–Trinajstić information content (AvgIpc) is 2.62. The average molecular weight is 319 g/mol. The summed E-state index contributed by atoms with van der Waals surface area (Å²) in [5.74, 6) is -3.08. The number of carbonyl (C=O) groups excluding carboxylic acids is 2. The number of allylic oxidation sites excluding steroid dienone is 3. The Kier molecular flexibility index (Phi) is 4.07. The summed E-state index contributed by atoms with van der Waals surface area (Å²) in [6, 6.07) is 13.8. The molecule has 0 amide bonds. The third-order valence-electron chi connectivity index (χ3n) is 3.56. The van der Waals surface area contributed by atoms with Crippen molar-refractivity contribution in [1.29, 1.82) is 0 Å². The largest absolute Gasteiger partial charge is 0.504 e. The Morgan fingerprint density at radius 2 is 1.50 bits per heavy atom. The summed E-state index contributed by atoms with van der Waals surface area (Å²) in [5, 5.41) is 20.3. The van der Waals surface area contributed by atoms with E-state index in [1.165, 1.54) is 18.3 Å². The van der Waals surface area contributed by atoms with Crippen LogP contribution in [0, 0.1) is 0 Å². The first-order chi connectivity index (χ1) is 11.6. The maximum atomic E-state index is 12.4. The molecule has 0 radical (unpaired) electrons. The highest BCUT2D eigenvalue weighted by atomic mass is 16.3. The Morgan fingerprint density at radius 1 is 0.792 bits per heavy atom. The molecule has 1 aliphatic carbocycles. The van der Waals surface area contributed by atoms with E-state index in [1.807, 2.05) is 18.2 Å².